The normalized spacial score (nSPS) is 13.3. The number of carbonyl (C=O) groups is 1. The van der Waals surface area contributed by atoms with E-state index in [9.17, 15) is 4.79 Å². The van der Waals surface area contributed by atoms with Crippen LogP contribution in [0.15, 0.2) is 47.8 Å². The fourth-order valence-electron chi connectivity index (χ4n) is 2.51. The lowest BCUT2D eigenvalue weighted by atomic mass is 10.0. The average molecular weight is 296 g/mol. The van der Waals surface area contributed by atoms with Crippen LogP contribution in [0.2, 0.25) is 0 Å². The Kier molecular flexibility index (Phi) is 2.89. The number of carbonyl (C=O) groups excluding carboxylic acids is 1. The van der Waals surface area contributed by atoms with E-state index in [0.717, 1.165) is 15.6 Å². The summed E-state index contributed by atoms with van der Waals surface area (Å²) in [5, 5.41) is 3.11. The molecule has 1 aliphatic heterocycles. The van der Waals surface area contributed by atoms with Gasteiger partial charge in [-0.2, -0.15) is 0 Å². The molecule has 0 bridgehead atoms. The lowest BCUT2D eigenvalue weighted by molar-refractivity contribution is 0.103. The second-order valence-electron chi connectivity index (χ2n) is 4.83. The van der Waals surface area contributed by atoms with E-state index in [0.29, 0.717) is 30.3 Å². The van der Waals surface area contributed by atoms with Crippen molar-refractivity contribution in [3.05, 3.63) is 59.0 Å². The van der Waals surface area contributed by atoms with Crippen LogP contribution in [0.3, 0.4) is 0 Å². The van der Waals surface area contributed by atoms with E-state index in [-0.39, 0.29) is 5.78 Å². The molecule has 0 saturated heterocycles. The van der Waals surface area contributed by atoms with Crippen LogP contribution < -0.4 is 9.47 Å². The molecule has 0 aliphatic carbocycles. The molecule has 0 spiro atoms. The van der Waals surface area contributed by atoms with Gasteiger partial charge in [-0.15, -0.1) is 11.3 Å². The van der Waals surface area contributed by atoms with Crippen molar-refractivity contribution in [2.75, 3.05) is 13.2 Å². The fraction of sp³-hybridized carbons (Fsp3) is 0.118. The highest BCUT2D eigenvalue weighted by molar-refractivity contribution is 7.17. The van der Waals surface area contributed by atoms with Crippen molar-refractivity contribution < 1.29 is 14.3 Å². The van der Waals surface area contributed by atoms with Gasteiger partial charge in [-0.1, -0.05) is 12.1 Å². The first kappa shape index (κ1) is 12.4. The number of benzene rings is 2. The van der Waals surface area contributed by atoms with Gasteiger partial charge in [0.15, 0.2) is 17.3 Å². The first-order valence-corrected chi connectivity index (χ1v) is 7.61. The van der Waals surface area contributed by atoms with Gasteiger partial charge < -0.3 is 9.47 Å². The molecule has 0 fully saturated rings. The van der Waals surface area contributed by atoms with E-state index in [1.165, 1.54) is 0 Å². The first-order valence-electron chi connectivity index (χ1n) is 6.73. The summed E-state index contributed by atoms with van der Waals surface area (Å²) in [5.41, 5.74) is 1.36. The molecule has 4 heteroatoms. The van der Waals surface area contributed by atoms with Crippen molar-refractivity contribution in [2.24, 2.45) is 0 Å². The number of rotatable bonds is 2. The minimum Gasteiger partial charge on any atom is -0.486 e. The van der Waals surface area contributed by atoms with Gasteiger partial charge >= 0.3 is 0 Å². The second kappa shape index (κ2) is 4.90. The summed E-state index contributed by atoms with van der Waals surface area (Å²) in [6.07, 6.45) is 0. The number of thiophene rings is 1. The third kappa shape index (κ3) is 2.08. The SMILES string of the molecule is O=C(c1ccc2c(c1)OCCO2)c1cccc2ccsc12. The van der Waals surface area contributed by atoms with Gasteiger partial charge in [0.2, 0.25) is 0 Å². The molecule has 1 aliphatic rings. The van der Waals surface area contributed by atoms with Crippen LogP contribution in [0.1, 0.15) is 15.9 Å². The Morgan fingerprint density at radius 2 is 1.86 bits per heavy atom. The van der Waals surface area contributed by atoms with E-state index in [2.05, 4.69) is 0 Å². The van der Waals surface area contributed by atoms with Crippen molar-refractivity contribution in [3.8, 4) is 11.5 Å². The van der Waals surface area contributed by atoms with E-state index >= 15 is 0 Å². The van der Waals surface area contributed by atoms with Crippen molar-refractivity contribution >= 4 is 27.2 Å². The fourth-order valence-corrected chi connectivity index (χ4v) is 3.42. The van der Waals surface area contributed by atoms with Gasteiger partial charge in [-0.25, -0.2) is 0 Å². The number of hydrogen-bond donors (Lipinski definition) is 0. The lowest BCUT2D eigenvalue weighted by Gasteiger charge is -2.18. The second-order valence-corrected chi connectivity index (χ2v) is 5.75. The Hall–Kier alpha value is -2.33. The molecule has 0 unspecified atom stereocenters. The molecule has 0 saturated carbocycles. The van der Waals surface area contributed by atoms with Gasteiger partial charge in [0.05, 0.1) is 0 Å². The van der Waals surface area contributed by atoms with Crippen LogP contribution in [-0.2, 0) is 0 Å². The van der Waals surface area contributed by atoms with Crippen LogP contribution in [0, 0.1) is 0 Å². The van der Waals surface area contributed by atoms with E-state index in [1.54, 1.807) is 29.5 Å². The molecule has 0 N–H and O–H groups in total. The highest BCUT2D eigenvalue weighted by Crippen LogP contribution is 2.33. The first-order chi connectivity index (χ1) is 10.3. The molecule has 0 atom stereocenters. The van der Waals surface area contributed by atoms with E-state index in [1.807, 2.05) is 29.6 Å². The van der Waals surface area contributed by atoms with Gasteiger partial charge in [0, 0.05) is 15.8 Å². The summed E-state index contributed by atoms with van der Waals surface area (Å²) in [5.74, 6) is 1.36. The summed E-state index contributed by atoms with van der Waals surface area (Å²) in [6, 6.07) is 13.2. The van der Waals surface area contributed by atoms with Gasteiger partial charge in [0.1, 0.15) is 13.2 Å². The summed E-state index contributed by atoms with van der Waals surface area (Å²) in [7, 11) is 0. The van der Waals surface area contributed by atoms with Crippen molar-refractivity contribution in [1.29, 1.82) is 0 Å². The minimum absolute atomic E-state index is 0.0139. The Morgan fingerprint density at radius 3 is 2.76 bits per heavy atom. The lowest BCUT2D eigenvalue weighted by Crippen LogP contribution is -2.15. The Balaban J connectivity index is 1.79. The van der Waals surface area contributed by atoms with Crippen LogP contribution in [0.4, 0.5) is 0 Å². The van der Waals surface area contributed by atoms with Gasteiger partial charge in [-0.05, 0) is 41.1 Å². The maximum Gasteiger partial charge on any atom is 0.194 e. The van der Waals surface area contributed by atoms with Crippen LogP contribution in [0.5, 0.6) is 11.5 Å². The van der Waals surface area contributed by atoms with Crippen LogP contribution in [-0.4, -0.2) is 19.0 Å². The average Bonchev–Trinajstić information content (AvgIpc) is 3.02. The molecule has 3 nitrogen and oxygen atoms in total. The molecule has 3 aromatic rings. The molecule has 2 heterocycles. The topological polar surface area (TPSA) is 35.5 Å². The highest BCUT2D eigenvalue weighted by Gasteiger charge is 2.17. The van der Waals surface area contributed by atoms with Crippen molar-refractivity contribution in [2.45, 2.75) is 0 Å². The van der Waals surface area contributed by atoms with Crippen molar-refractivity contribution in [1.82, 2.24) is 0 Å². The summed E-state index contributed by atoms with van der Waals surface area (Å²) in [4.78, 5) is 12.8. The number of fused-ring (bicyclic) bond motifs is 2. The number of ketones is 1. The molecular formula is C17H12O3S. The molecule has 1 aromatic heterocycles. The summed E-state index contributed by atoms with van der Waals surface area (Å²) >= 11 is 1.59. The largest absolute Gasteiger partial charge is 0.486 e. The predicted octanol–water partition coefficient (Wildman–Crippen LogP) is 3.90. The summed E-state index contributed by atoms with van der Waals surface area (Å²) in [6.45, 7) is 1.07. The Morgan fingerprint density at radius 1 is 1.00 bits per heavy atom. The van der Waals surface area contributed by atoms with E-state index < -0.39 is 0 Å². The Labute approximate surface area is 125 Å². The number of ether oxygens (including phenoxy) is 2. The van der Waals surface area contributed by atoms with Gasteiger partial charge in [-0.3, -0.25) is 4.79 Å². The molecule has 21 heavy (non-hydrogen) atoms. The van der Waals surface area contributed by atoms with Crippen LogP contribution in [0.25, 0.3) is 10.1 Å². The maximum absolute atomic E-state index is 12.8. The molecule has 4 rings (SSSR count). The molecule has 2 aromatic carbocycles. The zero-order valence-electron chi connectivity index (χ0n) is 11.2. The zero-order valence-corrected chi connectivity index (χ0v) is 12.0. The quantitative estimate of drug-likeness (QED) is 0.673. The zero-order chi connectivity index (χ0) is 14.2. The standard InChI is InChI=1S/C17H12O3S/c18-16(13-3-1-2-11-6-9-21-17(11)13)12-4-5-14-15(10-12)20-8-7-19-14/h1-6,9-10H,7-8H2. The van der Waals surface area contributed by atoms with Crippen LogP contribution >= 0.6 is 11.3 Å². The summed E-state index contributed by atoms with van der Waals surface area (Å²) < 4.78 is 12.1. The smallest absolute Gasteiger partial charge is 0.194 e. The third-order valence-electron chi connectivity index (χ3n) is 3.53. The highest BCUT2D eigenvalue weighted by atomic mass is 32.1. The number of hydrogen-bond acceptors (Lipinski definition) is 4. The predicted molar refractivity (Wildman–Crippen MR) is 82.7 cm³/mol. The Bertz CT molecular complexity index is 835. The molecule has 0 radical (unpaired) electrons. The monoisotopic (exact) mass is 296 g/mol. The molecular weight excluding hydrogens is 284 g/mol. The van der Waals surface area contributed by atoms with E-state index in [4.69, 9.17) is 9.47 Å². The van der Waals surface area contributed by atoms with Gasteiger partial charge in [0.25, 0.3) is 0 Å². The minimum atomic E-state index is 0.0139. The van der Waals surface area contributed by atoms with Crippen molar-refractivity contribution in [3.63, 3.8) is 0 Å². The third-order valence-corrected chi connectivity index (χ3v) is 4.49. The maximum atomic E-state index is 12.8. The molecule has 104 valence electrons. The molecule has 0 amide bonds.